The van der Waals surface area contributed by atoms with E-state index in [2.05, 4.69) is 5.32 Å². The van der Waals surface area contributed by atoms with Gasteiger partial charge >= 0.3 is 6.18 Å². The van der Waals surface area contributed by atoms with Crippen molar-refractivity contribution in [2.24, 2.45) is 23.5 Å². The van der Waals surface area contributed by atoms with Gasteiger partial charge in [-0.25, -0.2) is 0 Å². The molecule has 0 heterocycles. The fourth-order valence-electron chi connectivity index (χ4n) is 3.59. The SMILES string of the molecule is NC1CCCC(CNC(=O)C2CCC(C(F)(F)F)CC2)C1. The maximum absolute atomic E-state index is 12.6. The highest BCUT2D eigenvalue weighted by Gasteiger charge is 2.42. The zero-order valence-electron chi connectivity index (χ0n) is 12.3. The molecule has 0 aromatic rings. The molecular formula is C15H25F3N2O. The lowest BCUT2D eigenvalue weighted by Crippen LogP contribution is -2.40. The topological polar surface area (TPSA) is 55.1 Å². The molecule has 0 spiro atoms. The Morgan fingerprint density at radius 1 is 1.10 bits per heavy atom. The summed E-state index contributed by atoms with van der Waals surface area (Å²) < 4.78 is 37.8. The molecule has 21 heavy (non-hydrogen) atoms. The fourth-order valence-corrected chi connectivity index (χ4v) is 3.59. The van der Waals surface area contributed by atoms with E-state index in [1.54, 1.807) is 0 Å². The Balaban J connectivity index is 1.70. The molecular weight excluding hydrogens is 281 g/mol. The predicted molar refractivity (Wildman–Crippen MR) is 74.4 cm³/mol. The number of halogens is 3. The Bertz CT molecular complexity index is 351. The summed E-state index contributed by atoms with van der Waals surface area (Å²) in [7, 11) is 0. The fraction of sp³-hybridized carbons (Fsp3) is 0.933. The first-order valence-electron chi connectivity index (χ1n) is 7.96. The number of hydrogen-bond acceptors (Lipinski definition) is 2. The zero-order chi connectivity index (χ0) is 15.5. The number of rotatable bonds is 3. The maximum atomic E-state index is 12.6. The Morgan fingerprint density at radius 2 is 1.76 bits per heavy atom. The van der Waals surface area contributed by atoms with Crippen LogP contribution in [-0.2, 0) is 4.79 Å². The summed E-state index contributed by atoms with van der Waals surface area (Å²) in [5.74, 6) is -1.13. The molecule has 0 bridgehead atoms. The lowest BCUT2D eigenvalue weighted by molar-refractivity contribution is -0.184. The van der Waals surface area contributed by atoms with Crippen molar-refractivity contribution in [3.8, 4) is 0 Å². The highest BCUT2D eigenvalue weighted by Crippen LogP contribution is 2.39. The number of carbonyl (C=O) groups is 1. The minimum absolute atomic E-state index is 0.0743. The average Bonchev–Trinajstić information content (AvgIpc) is 2.44. The predicted octanol–water partition coefficient (Wildman–Crippen LogP) is 2.99. The van der Waals surface area contributed by atoms with Gasteiger partial charge in [-0.05, 0) is 50.9 Å². The molecule has 1 amide bonds. The van der Waals surface area contributed by atoms with Crippen molar-refractivity contribution in [3.63, 3.8) is 0 Å². The van der Waals surface area contributed by atoms with Gasteiger partial charge in [-0.15, -0.1) is 0 Å². The highest BCUT2D eigenvalue weighted by atomic mass is 19.4. The monoisotopic (exact) mass is 306 g/mol. The number of amides is 1. The van der Waals surface area contributed by atoms with Crippen LogP contribution in [0.2, 0.25) is 0 Å². The third kappa shape index (κ3) is 4.87. The second kappa shape index (κ2) is 6.99. The molecule has 2 aliphatic rings. The van der Waals surface area contributed by atoms with Crippen LogP contribution in [0.4, 0.5) is 13.2 Å². The molecule has 3 N–H and O–H groups in total. The molecule has 6 heteroatoms. The summed E-state index contributed by atoms with van der Waals surface area (Å²) in [5, 5.41) is 2.92. The van der Waals surface area contributed by atoms with E-state index in [9.17, 15) is 18.0 Å². The first kappa shape index (κ1) is 16.6. The molecule has 0 aliphatic heterocycles. The van der Waals surface area contributed by atoms with Crippen molar-refractivity contribution in [1.82, 2.24) is 5.32 Å². The quantitative estimate of drug-likeness (QED) is 0.842. The van der Waals surface area contributed by atoms with Gasteiger partial charge in [0.15, 0.2) is 0 Å². The molecule has 122 valence electrons. The lowest BCUT2D eigenvalue weighted by Gasteiger charge is -2.30. The summed E-state index contributed by atoms with van der Waals surface area (Å²) in [4.78, 5) is 12.1. The second-order valence-corrected chi connectivity index (χ2v) is 6.63. The molecule has 0 aromatic heterocycles. The number of carbonyl (C=O) groups excluding carboxylic acids is 1. The van der Waals surface area contributed by atoms with Crippen LogP contribution < -0.4 is 11.1 Å². The van der Waals surface area contributed by atoms with Crippen LogP contribution in [0.3, 0.4) is 0 Å². The van der Waals surface area contributed by atoms with Gasteiger partial charge in [-0.3, -0.25) is 4.79 Å². The van der Waals surface area contributed by atoms with E-state index >= 15 is 0 Å². The van der Waals surface area contributed by atoms with Crippen LogP contribution in [0, 0.1) is 17.8 Å². The Morgan fingerprint density at radius 3 is 2.33 bits per heavy atom. The average molecular weight is 306 g/mol. The molecule has 2 atom stereocenters. The van der Waals surface area contributed by atoms with Gasteiger partial charge in [0.05, 0.1) is 5.92 Å². The maximum Gasteiger partial charge on any atom is 0.391 e. The molecule has 2 fully saturated rings. The third-order valence-corrected chi connectivity index (χ3v) is 4.95. The largest absolute Gasteiger partial charge is 0.391 e. The van der Waals surface area contributed by atoms with E-state index in [4.69, 9.17) is 5.73 Å². The smallest absolute Gasteiger partial charge is 0.356 e. The molecule has 2 unspecified atom stereocenters. The minimum Gasteiger partial charge on any atom is -0.356 e. The summed E-state index contributed by atoms with van der Waals surface area (Å²) >= 11 is 0. The minimum atomic E-state index is -4.11. The highest BCUT2D eigenvalue weighted by molar-refractivity contribution is 5.78. The Hall–Kier alpha value is -0.780. The summed E-state index contributed by atoms with van der Waals surface area (Å²) in [6.45, 7) is 0.617. The third-order valence-electron chi connectivity index (χ3n) is 4.95. The van der Waals surface area contributed by atoms with Crippen LogP contribution in [0.1, 0.15) is 51.4 Å². The van der Waals surface area contributed by atoms with E-state index in [0.29, 0.717) is 25.3 Å². The van der Waals surface area contributed by atoms with Crippen molar-refractivity contribution in [3.05, 3.63) is 0 Å². The van der Waals surface area contributed by atoms with Gasteiger partial charge in [0.2, 0.25) is 5.91 Å². The number of hydrogen-bond donors (Lipinski definition) is 2. The van der Waals surface area contributed by atoms with Crippen molar-refractivity contribution in [2.75, 3.05) is 6.54 Å². The summed E-state index contributed by atoms with van der Waals surface area (Å²) in [5.41, 5.74) is 5.91. The van der Waals surface area contributed by atoms with Gasteiger partial charge < -0.3 is 11.1 Å². The number of alkyl halides is 3. The molecule has 0 aromatic carbocycles. The van der Waals surface area contributed by atoms with Crippen molar-refractivity contribution >= 4 is 5.91 Å². The van der Waals surface area contributed by atoms with E-state index in [-0.39, 0.29) is 30.7 Å². The molecule has 0 saturated heterocycles. The first-order valence-corrected chi connectivity index (χ1v) is 7.96. The van der Waals surface area contributed by atoms with E-state index in [0.717, 1.165) is 25.7 Å². The van der Waals surface area contributed by atoms with Gasteiger partial charge in [0.25, 0.3) is 0 Å². The van der Waals surface area contributed by atoms with Gasteiger partial charge in [0, 0.05) is 18.5 Å². The normalized spacial score (nSPS) is 34.5. The number of nitrogens with two attached hydrogens (primary N) is 1. The van der Waals surface area contributed by atoms with E-state index in [1.807, 2.05) is 0 Å². The van der Waals surface area contributed by atoms with E-state index < -0.39 is 12.1 Å². The van der Waals surface area contributed by atoms with Gasteiger partial charge in [-0.2, -0.15) is 13.2 Å². The van der Waals surface area contributed by atoms with E-state index in [1.165, 1.54) is 0 Å². The lowest BCUT2D eigenvalue weighted by atomic mass is 9.81. The van der Waals surface area contributed by atoms with Crippen LogP contribution in [0.25, 0.3) is 0 Å². The van der Waals surface area contributed by atoms with Crippen molar-refractivity contribution < 1.29 is 18.0 Å². The van der Waals surface area contributed by atoms with Crippen LogP contribution in [0.5, 0.6) is 0 Å². The molecule has 2 rings (SSSR count). The van der Waals surface area contributed by atoms with Crippen molar-refractivity contribution in [1.29, 1.82) is 0 Å². The van der Waals surface area contributed by atoms with Crippen LogP contribution in [-0.4, -0.2) is 24.7 Å². The first-order chi connectivity index (χ1) is 9.86. The van der Waals surface area contributed by atoms with Gasteiger partial charge in [-0.1, -0.05) is 6.42 Å². The zero-order valence-corrected chi connectivity index (χ0v) is 12.3. The molecule has 0 radical (unpaired) electrons. The van der Waals surface area contributed by atoms with Crippen LogP contribution >= 0.6 is 0 Å². The second-order valence-electron chi connectivity index (χ2n) is 6.63. The molecule has 3 nitrogen and oxygen atoms in total. The molecule has 2 saturated carbocycles. The summed E-state index contributed by atoms with van der Waals surface area (Å²) in [6, 6.07) is 0.225. The van der Waals surface area contributed by atoms with Gasteiger partial charge in [0.1, 0.15) is 0 Å². The Labute approximate surface area is 123 Å². The standard InChI is InChI=1S/C15H25F3N2O/c16-15(17,18)12-6-4-11(5-7-12)14(21)20-9-10-2-1-3-13(19)8-10/h10-13H,1-9,19H2,(H,20,21). The van der Waals surface area contributed by atoms with Crippen LogP contribution in [0.15, 0.2) is 0 Å². The summed E-state index contributed by atoms with van der Waals surface area (Å²) in [6.07, 6.45) is 0.895. The Kier molecular flexibility index (Phi) is 5.52. The molecule has 2 aliphatic carbocycles. The van der Waals surface area contributed by atoms with Crippen molar-refractivity contribution in [2.45, 2.75) is 63.6 Å². The number of nitrogens with one attached hydrogen (secondary N) is 1.